The second kappa shape index (κ2) is 3.74. The molecule has 4 nitrogen and oxygen atoms in total. The summed E-state index contributed by atoms with van der Waals surface area (Å²) in [6, 6.07) is 3.59. The number of hydrogen-bond donors (Lipinski definition) is 2. The van der Waals surface area contributed by atoms with Gasteiger partial charge in [0.1, 0.15) is 6.07 Å². The molecule has 0 unspecified atom stereocenters. The van der Waals surface area contributed by atoms with E-state index < -0.39 is 0 Å². The van der Waals surface area contributed by atoms with Crippen LogP contribution in [0.5, 0.6) is 0 Å². The maximum atomic E-state index is 8.51. The molecule has 0 bridgehead atoms. The van der Waals surface area contributed by atoms with Crippen molar-refractivity contribution in [3.8, 4) is 6.07 Å². The molecule has 0 saturated carbocycles. The van der Waals surface area contributed by atoms with Crippen molar-refractivity contribution in [2.24, 2.45) is 5.73 Å². The molecule has 1 heterocycles. The van der Waals surface area contributed by atoms with Gasteiger partial charge in [0.05, 0.1) is 5.56 Å². The van der Waals surface area contributed by atoms with Crippen molar-refractivity contribution < 1.29 is 0 Å². The molecular formula is C7H6N4S. The first kappa shape index (κ1) is 8.56. The van der Waals surface area contributed by atoms with E-state index >= 15 is 0 Å². The topological polar surface area (TPSA) is 86.5 Å². The molecule has 0 aliphatic rings. The Morgan fingerprint density at radius 3 is 3.00 bits per heavy atom. The summed E-state index contributed by atoms with van der Waals surface area (Å²) >= 11 is 1.08. The highest BCUT2D eigenvalue weighted by molar-refractivity contribution is 8.13. The summed E-state index contributed by atoms with van der Waals surface area (Å²) in [6.45, 7) is 0. The summed E-state index contributed by atoms with van der Waals surface area (Å²) < 4.78 is 0. The van der Waals surface area contributed by atoms with Crippen LogP contribution in [0.4, 0.5) is 0 Å². The average Bonchev–Trinajstić information content (AvgIpc) is 2.03. The fourth-order valence-corrected chi connectivity index (χ4v) is 1.22. The van der Waals surface area contributed by atoms with Crippen molar-refractivity contribution in [1.29, 1.82) is 10.7 Å². The molecule has 5 heteroatoms. The molecule has 60 valence electrons. The molecule has 1 rings (SSSR count). The van der Waals surface area contributed by atoms with Crippen molar-refractivity contribution in [2.75, 3.05) is 0 Å². The van der Waals surface area contributed by atoms with Gasteiger partial charge in [0.25, 0.3) is 0 Å². The minimum absolute atomic E-state index is 0.00751. The monoisotopic (exact) mass is 178 g/mol. The fourth-order valence-electron chi connectivity index (χ4n) is 0.663. The van der Waals surface area contributed by atoms with E-state index in [-0.39, 0.29) is 5.17 Å². The Morgan fingerprint density at radius 2 is 2.42 bits per heavy atom. The van der Waals surface area contributed by atoms with Gasteiger partial charge in [-0.2, -0.15) is 5.26 Å². The summed E-state index contributed by atoms with van der Waals surface area (Å²) in [4.78, 5) is 4.52. The molecule has 0 atom stereocenters. The van der Waals surface area contributed by atoms with E-state index in [0.29, 0.717) is 10.5 Å². The van der Waals surface area contributed by atoms with Gasteiger partial charge in [0.2, 0.25) is 0 Å². The van der Waals surface area contributed by atoms with Gasteiger partial charge in [-0.1, -0.05) is 11.8 Å². The van der Waals surface area contributed by atoms with E-state index in [1.54, 1.807) is 12.3 Å². The molecule has 0 radical (unpaired) electrons. The predicted octanol–water partition coefficient (Wildman–Crippen LogP) is 0.939. The highest BCUT2D eigenvalue weighted by Crippen LogP contribution is 2.16. The Balaban J connectivity index is 2.88. The largest absolute Gasteiger partial charge is 0.378 e. The van der Waals surface area contributed by atoms with E-state index in [1.165, 1.54) is 6.20 Å². The molecule has 0 amide bonds. The van der Waals surface area contributed by atoms with Crippen molar-refractivity contribution in [2.45, 2.75) is 4.90 Å². The van der Waals surface area contributed by atoms with Gasteiger partial charge < -0.3 is 5.73 Å². The number of pyridine rings is 1. The number of amidine groups is 1. The number of hydrogen-bond acceptors (Lipinski definition) is 4. The van der Waals surface area contributed by atoms with Crippen LogP contribution in [0.1, 0.15) is 5.56 Å². The van der Waals surface area contributed by atoms with Crippen LogP contribution in [0, 0.1) is 16.7 Å². The predicted molar refractivity (Wildman–Crippen MR) is 46.7 cm³/mol. The molecule has 1 aromatic rings. The Hall–Kier alpha value is -1.54. The smallest absolute Gasteiger partial charge is 0.156 e. The summed E-state index contributed by atoms with van der Waals surface area (Å²) in [5.41, 5.74) is 5.62. The van der Waals surface area contributed by atoms with Gasteiger partial charge >= 0.3 is 0 Å². The van der Waals surface area contributed by atoms with Crippen LogP contribution < -0.4 is 5.73 Å². The summed E-state index contributed by atoms with van der Waals surface area (Å²) in [5.74, 6) is 0. The lowest BCUT2D eigenvalue weighted by molar-refractivity contribution is 1.22. The van der Waals surface area contributed by atoms with Gasteiger partial charge in [0.15, 0.2) is 5.17 Å². The normalized spacial score (nSPS) is 8.92. The van der Waals surface area contributed by atoms with Crippen LogP contribution in [0.3, 0.4) is 0 Å². The zero-order valence-corrected chi connectivity index (χ0v) is 6.93. The highest BCUT2D eigenvalue weighted by Gasteiger charge is 1.97. The Kier molecular flexibility index (Phi) is 2.66. The van der Waals surface area contributed by atoms with Crippen molar-refractivity contribution in [3.05, 3.63) is 24.0 Å². The number of aromatic nitrogens is 1. The molecule has 12 heavy (non-hydrogen) atoms. The molecule has 3 N–H and O–H groups in total. The maximum absolute atomic E-state index is 8.51. The molecule has 0 spiro atoms. The third-order valence-corrected chi connectivity index (χ3v) is 1.75. The third kappa shape index (κ3) is 2.25. The van der Waals surface area contributed by atoms with Crippen LogP contribution in [0.25, 0.3) is 0 Å². The average molecular weight is 178 g/mol. The van der Waals surface area contributed by atoms with Gasteiger partial charge in [-0.05, 0) is 6.07 Å². The SMILES string of the molecule is N#Cc1cncc(SC(=N)N)c1. The lowest BCUT2D eigenvalue weighted by Crippen LogP contribution is -2.02. The summed E-state index contributed by atoms with van der Waals surface area (Å²) in [5, 5.41) is 15.5. The van der Waals surface area contributed by atoms with Crippen LogP contribution in [-0.4, -0.2) is 10.2 Å². The molecular weight excluding hydrogens is 172 g/mol. The molecule has 0 aliphatic carbocycles. The van der Waals surface area contributed by atoms with E-state index in [2.05, 4.69) is 4.98 Å². The molecule has 0 fully saturated rings. The first-order valence-corrected chi connectivity index (χ1v) is 3.91. The third-order valence-electron chi connectivity index (χ3n) is 1.07. The van der Waals surface area contributed by atoms with E-state index in [1.807, 2.05) is 6.07 Å². The summed E-state index contributed by atoms with van der Waals surface area (Å²) in [7, 11) is 0. The van der Waals surface area contributed by atoms with E-state index in [9.17, 15) is 0 Å². The number of nitrogens with two attached hydrogens (primary N) is 1. The summed E-state index contributed by atoms with van der Waals surface area (Å²) in [6.07, 6.45) is 3.02. The van der Waals surface area contributed by atoms with Gasteiger partial charge in [-0.15, -0.1) is 0 Å². The van der Waals surface area contributed by atoms with Gasteiger partial charge in [-0.3, -0.25) is 10.4 Å². The number of nitriles is 1. The Morgan fingerprint density at radius 1 is 1.67 bits per heavy atom. The quantitative estimate of drug-likeness (QED) is 0.380. The van der Waals surface area contributed by atoms with Gasteiger partial charge in [-0.25, -0.2) is 0 Å². The molecule has 1 aromatic heterocycles. The maximum Gasteiger partial charge on any atom is 0.156 e. The van der Waals surface area contributed by atoms with Crippen molar-refractivity contribution in [3.63, 3.8) is 0 Å². The first-order valence-electron chi connectivity index (χ1n) is 3.09. The van der Waals surface area contributed by atoms with Gasteiger partial charge in [0, 0.05) is 17.3 Å². The number of thioether (sulfide) groups is 1. The number of nitrogens with zero attached hydrogens (tertiary/aromatic N) is 2. The lowest BCUT2D eigenvalue weighted by atomic mass is 10.3. The molecule has 0 aromatic carbocycles. The number of rotatable bonds is 1. The Labute approximate surface area is 73.9 Å². The highest BCUT2D eigenvalue weighted by atomic mass is 32.2. The zero-order valence-electron chi connectivity index (χ0n) is 6.11. The van der Waals surface area contributed by atoms with Crippen molar-refractivity contribution >= 4 is 16.9 Å². The lowest BCUT2D eigenvalue weighted by Gasteiger charge is -1.96. The van der Waals surface area contributed by atoms with Crippen LogP contribution in [0.2, 0.25) is 0 Å². The first-order chi connectivity index (χ1) is 5.72. The second-order valence-electron chi connectivity index (χ2n) is 1.99. The zero-order chi connectivity index (χ0) is 8.97. The minimum atomic E-state index is -0.00751. The van der Waals surface area contributed by atoms with Crippen LogP contribution in [-0.2, 0) is 0 Å². The van der Waals surface area contributed by atoms with E-state index in [4.69, 9.17) is 16.4 Å². The molecule has 0 aliphatic heterocycles. The number of nitrogens with one attached hydrogen (secondary N) is 1. The minimum Gasteiger partial charge on any atom is -0.378 e. The van der Waals surface area contributed by atoms with Crippen LogP contribution in [0.15, 0.2) is 23.4 Å². The molecule has 0 saturated heterocycles. The van der Waals surface area contributed by atoms with Crippen LogP contribution >= 0.6 is 11.8 Å². The standard InChI is InChI=1S/C7H6N4S/c8-2-5-1-6(4-11-3-5)12-7(9)10/h1,3-4H,(H3,9,10). The fraction of sp³-hybridized carbons (Fsp3) is 0. The van der Waals surface area contributed by atoms with Crippen molar-refractivity contribution in [1.82, 2.24) is 4.98 Å². The van der Waals surface area contributed by atoms with E-state index in [0.717, 1.165) is 11.8 Å². The Bertz CT molecular complexity index is 342. The second-order valence-corrected chi connectivity index (χ2v) is 3.10.